The number of furan rings is 1. The molecule has 1 N–H and O–H groups in total. The lowest BCUT2D eigenvalue weighted by Crippen LogP contribution is -2.41. The molecule has 0 aliphatic heterocycles. The molecular formula is C17H23ClIN3O2. The van der Waals surface area contributed by atoms with Crippen molar-refractivity contribution >= 4 is 41.5 Å². The van der Waals surface area contributed by atoms with Crippen molar-refractivity contribution in [3.8, 4) is 5.75 Å². The van der Waals surface area contributed by atoms with Crippen LogP contribution in [0.1, 0.15) is 5.76 Å². The monoisotopic (exact) mass is 463 g/mol. The summed E-state index contributed by atoms with van der Waals surface area (Å²) in [6.07, 6.45) is 2.51. The van der Waals surface area contributed by atoms with E-state index >= 15 is 0 Å². The normalized spacial score (nSPS) is 10.9. The minimum atomic E-state index is 0. The highest BCUT2D eigenvalue weighted by Gasteiger charge is 2.06. The van der Waals surface area contributed by atoms with Gasteiger partial charge in [0, 0.05) is 32.1 Å². The lowest BCUT2D eigenvalue weighted by Gasteiger charge is -2.22. The number of likely N-dealkylation sites (N-methyl/N-ethyl adjacent to an activating group) is 1. The molecule has 7 heteroatoms. The fourth-order valence-electron chi connectivity index (χ4n) is 2.07. The molecule has 0 amide bonds. The first kappa shape index (κ1) is 20.6. The molecule has 24 heavy (non-hydrogen) atoms. The molecule has 0 spiro atoms. The number of aliphatic imine (C=N–C) groups is 1. The highest BCUT2D eigenvalue weighted by molar-refractivity contribution is 14.0. The first-order valence-electron chi connectivity index (χ1n) is 7.51. The Morgan fingerprint density at radius 2 is 2.04 bits per heavy atom. The number of rotatable bonds is 7. The Labute approximate surface area is 165 Å². The Kier molecular flexibility index (Phi) is 9.63. The fourth-order valence-corrected chi connectivity index (χ4v) is 2.20. The van der Waals surface area contributed by atoms with Gasteiger partial charge in [0.25, 0.3) is 0 Å². The van der Waals surface area contributed by atoms with Crippen LogP contribution in [0.2, 0.25) is 5.02 Å². The summed E-state index contributed by atoms with van der Waals surface area (Å²) in [5.41, 5.74) is 0. The predicted octanol–water partition coefficient (Wildman–Crippen LogP) is 3.68. The van der Waals surface area contributed by atoms with Crippen molar-refractivity contribution in [1.82, 2.24) is 10.2 Å². The van der Waals surface area contributed by atoms with Crippen LogP contribution < -0.4 is 10.1 Å². The van der Waals surface area contributed by atoms with E-state index in [1.807, 2.05) is 48.3 Å². The van der Waals surface area contributed by atoms with Gasteiger partial charge >= 0.3 is 0 Å². The van der Waals surface area contributed by atoms with Gasteiger partial charge in [-0.1, -0.05) is 11.6 Å². The number of guanidine groups is 1. The maximum absolute atomic E-state index is 5.85. The molecule has 2 aromatic rings. The Morgan fingerprint density at radius 3 is 2.67 bits per heavy atom. The van der Waals surface area contributed by atoms with Gasteiger partial charge in [-0.2, -0.15) is 0 Å². The summed E-state index contributed by atoms with van der Waals surface area (Å²) in [6.45, 7) is 2.06. The molecule has 0 atom stereocenters. The molecule has 0 bridgehead atoms. The maximum Gasteiger partial charge on any atom is 0.193 e. The zero-order valence-corrected chi connectivity index (χ0v) is 17.0. The van der Waals surface area contributed by atoms with Crippen molar-refractivity contribution in [2.45, 2.75) is 6.42 Å². The van der Waals surface area contributed by atoms with E-state index in [1.165, 1.54) is 0 Å². The highest BCUT2D eigenvalue weighted by atomic mass is 127. The number of benzene rings is 1. The Balaban J connectivity index is 0.00000288. The molecular weight excluding hydrogens is 441 g/mol. The quantitative estimate of drug-likeness (QED) is 0.387. The van der Waals surface area contributed by atoms with Crippen LogP contribution in [-0.2, 0) is 6.42 Å². The molecule has 1 aromatic carbocycles. The van der Waals surface area contributed by atoms with Crippen LogP contribution in [0, 0.1) is 0 Å². The molecule has 1 aromatic heterocycles. The van der Waals surface area contributed by atoms with Gasteiger partial charge in [0.2, 0.25) is 0 Å². The largest absolute Gasteiger partial charge is 0.492 e. The Bertz CT molecular complexity index is 603. The van der Waals surface area contributed by atoms with Crippen LogP contribution in [0.4, 0.5) is 0 Å². The molecule has 5 nitrogen and oxygen atoms in total. The SMILES string of the molecule is CN=C(NCCc1ccco1)N(C)CCOc1ccc(Cl)cc1.I. The molecule has 0 saturated carbocycles. The minimum absolute atomic E-state index is 0. The first-order valence-corrected chi connectivity index (χ1v) is 7.89. The number of hydrogen-bond acceptors (Lipinski definition) is 3. The highest BCUT2D eigenvalue weighted by Crippen LogP contribution is 2.15. The van der Waals surface area contributed by atoms with E-state index in [9.17, 15) is 0 Å². The van der Waals surface area contributed by atoms with Crippen molar-refractivity contribution in [2.75, 3.05) is 33.8 Å². The van der Waals surface area contributed by atoms with Crippen LogP contribution in [0.3, 0.4) is 0 Å². The van der Waals surface area contributed by atoms with E-state index in [1.54, 1.807) is 13.3 Å². The van der Waals surface area contributed by atoms with Gasteiger partial charge in [0.05, 0.1) is 12.8 Å². The van der Waals surface area contributed by atoms with Crippen LogP contribution in [0.25, 0.3) is 0 Å². The van der Waals surface area contributed by atoms with Crippen LogP contribution >= 0.6 is 35.6 Å². The second-order valence-electron chi connectivity index (χ2n) is 5.03. The topological polar surface area (TPSA) is 50.0 Å². The summed E-state index contributed by atoms with van der Waals surface area (Å²) in [6, 6.07) is 11.2. The fraction of sp³-hybridized carbons (Fsp3) is 0.353. The molecule has 0 aliphatic rings. The Morgan fingerprint density at radius 1 is 1.29 bits per heavy atom. The van der Waals surface area contributed by atoms with Crippen LogP contribution in [-0.4, -0.2) is 44.7 Å². The summed E-state index contributed by atoms with van der Waals surface area (Å²) < 4.78 is 11.0. The maximum atomic E-state index is 5.85. The van der Waals surface area contributed by atoms with E-state index < -0.39 is 0 Å². The summed E-state index contributed by atoms with van der Waals surface area (Å²) in [7, 11) is 3.75. The molecule has 2 rings (SSSR count). The minimum Gasteiger partial charge on any atom is -0.492 e. The number of halogens is 2. The molecule has 132 valence electrons. The molecule has 0 fully saturated rings. The van der Waals surface area contributed by atoms with Crippen molar-refractivity contribution in [2.24, 2.45) is 4.99 Å². The molecule has 0 aliphatic carbocycles. The zero-order chi connectivity index (χ0) is 16.5. The van der Waals surface area contributed by atoms with E-state index in [0.717, 1.165) is 37.0 Å². The lowest BCUT2D eigenvalue weighted by molar-refractivity contribution is 0.281. The molecule has 0 unspecified atom stereocenters. The standard InChI is InChI=1S/C17H22ClN3O2.HI/c1-19-17(20-10-9-15-4-3-12-22-15)21(2)11-13-23-16-7-5-14(18)6-8-16;/h3-8,12H,9-11,13H2,1-2H3,(H,19,20);1H. The third kappa shape index (κ3) is 7.00. The zero-order valence-electron chi connectivity index (χ0n) is 13.9. The Hall–Kier alpha value is -1.41. The summed E-state index contributed by atoms with van der Waals surface area (Å²) in [5.74, 6) is 2.60. The average Bonchev–Trinajstić information content (AvgIpc) is 3.06. The van der Waals surface area contributed by atoms with E-state index in [-0.39, 0.29) is 24.0 Å². The summed E-state index contributed by atoms with van der Waals surface area (Å²) in [4.78, 5) is 6.30. The van der Waals surface area contributed by atoms with Gasteiger partial charge in [-0.25, -0.2) is 0 Å². The van der Waals surface area contributed by atoms with Gasteiger partial charge in [-0.15, -0.1) is 24.0 Å². The van der Waals surface area contributed by atoms with Gasteiger partial charge < -0.3 is 19.4 Å². The number of ether oxygens (including phenoxy) is 1. The van der Waals surface area contributed by atoms with Crippen LogP contribution in [0.15, 0.2) is 52.1 Å². The van der Waals surface area contributed by atoms with Gasteiger partial charge in [-0.05, 0) is 36.4 Å². The number of hydrogen-bond donors (Lipinski definition) is 1. The predicted molar refractivity (Wildman–Crippen MR) is 109 cm³/mol. The van der Waals surface area contributed by atoms with Crippen LogP contribution in [0.5, 0.6) is 5.75 Å². The molecule has 1 heterocycles. The summed E-state index contributed by atoms with van der Waals surface area (Å²) in [5, 5.41) is 4.01. The second kappa shape index (κ2) is 11.2. The average molecular weight is 464 g/mol. The van der Waals surface area contributed by atoms with Gasteiger partial charge in [0.15, 0.2) is 5.96 Å². The molecule has 0 radical (unpaired) electrons. The number of nitrogens with one attached hydrogen (secondary N) is 1. The van der Waals surface area contributed by atoms with Gasteiger partial charge in [0.1, 0.15) is 18.1 Å². The third-order valence-corrected chi connectivity index (χ3v) is 3.57. The van der Waals surface area contributed by atoms with Crippen molar-refractivity contribution in [3.05, 3.63) is 53.4 Å². The second-order valence-corrected chi connectivity index (χ2v) is 5.46. The third-order valence-electron chi connectivity index (χ3n) is 3.32. The van der Waals surface area contributed by atoms with E-state index in [4.69, 9.17) is 20.8 Å². The van der Waals surface area contributed by atoms with Crippen molar-refractivity contribution in [1.29, 1.82) is 0 Å². The van der Waals surface area contributed by atoms with Crippen molar-refractivity contribution in [3.63, 3.8) is 0 Å². The number of nitrogens with zero attached hydrogens (tertiary/aromatic N) is 2. The van der Waals surface area contributed by atoms with Gasteiger partial charge in [-0.3, -0.25) is 4.99 Å². The van der Waals surface area contributed by atoms with E-state index in [0.29, 0.717) is 11.6 Å². The van der Waals surface area contributed by atoms with E-state index in [2.05, 4.69) is 10.3 Å². The smallest absolute Gasteiger partial charge is 0.193 e. The summed E-state index contributed by atoms with van der Waals surface area (Å²) >= 11 is 5.85. The van der Waals surface area contributed by atoms with Crippen molar-refractivity contribution < 1.29 is 9.15 Å². The molecule has 0 saturated heterocycles. The first-order chi connectivity index (χ1) is 11.2. The lowest BCUT2D eigenvalue weighted by atomic mass is 10.3.